The number of aryl methyl sites for hydroxylation is 1. The SMILES string of the molecule is Cc1ccc(-n2ccc(=O)c3ccccc32)c(F)c1. The quantitative estimate of drug-likeness (QED) is 0.651. The molecule has 0 unspecified atom stereocenters. The average Bonchev–Trinajstić information content (AvgIpc) is 2.41. The molecule has 0 bridgehead atoms. The van der Waals surface area contributed by atoms with Crippen molar-refractivity contribution in [2.45, 2.75) is 6.92 Å². The predicted octanol–water partition coefficient (Wildman–Crippen LogP) is 3.44. The molecule has 0 radical (unpaired) electrons. The van der Waals surface area contributed by atoms with Crippen LogP contribution in [0.1, 0.15) is 5.56 Å². The van der Waals surface area contributed by atoms with Crippen molar-refractivity contribution in [1.82, 2.24) is 4.57 Å². The molecule has 2 nitrogen and oxygen atoms in total. The smallest absolute Gasteiger partial charge is 0.189 e. The van der Waals surface area contributed by atoms with Crippen LogP contribution in [0.3, 0.4) is 0 Å². The molecule has 0 atom stereocenters. The molecule has 3 heteroatoms. The summed E-state index contributed by atoms with van der Waals surface area (Å²) in [5.41, 5.74) is 1.96. The van der Waals surface area contributed by atoms with Crippen LogP contribution < -0.4 is 5.43 Å². The number of pyridine rings is 1. The molecule has 1 heterocycles. The fourth-order valence-electron chi connectivity index (χ4n) is 2.22. The summed E-state index contributed by atoms with van der Waals surface area (Å²) in [7, 11) is 0. The van der Waals surface area contributed by atoms with Gasteiger partial charge in [0.15, 0.2) is 5.43 Å². The van der Waals surface area contributed by atoms with Crippen molar-refractivity contribution in [1.29, 1.82) is 0 Å². The third-order valence-electron chi connectivity index (χ3n) is 3.17. The Balaban J connectivity index is 2.37. The lowest BCUT2D eigenvalue weighted by Crippen LogP contribution is -2.07. The number of nitrogens with zero attached hydrogens (tertiary/aromatic N) is 1. The van der Waals surface area contributed by atoms with Crippen LogP contribution in [-0.4, -0.2) is 4.57 Å². The van der Waals surface area contributed by atoms with Gasteiger partial charge in [-0.15, -0.1) is 0 Å². The molecule has 0 saturated carbocycles. The summed E-state index contributed by atoms with van der Waals surface area (Å²) in [6.07, 6.45) is 1.61. The van der Waals surface area contributed by atoms with Crippen molar-refractivity contribution in [3.05, 3.63) is 76.3 Å². The third-order valence-corrected chi connectivity index (χ3v) is 3.17. The molecule has 0 aliphatic heterocycles. The number of para-hydroxylation sites is 1. The second-order valence-electron chi connectivity index (χ2n) is 4.52. The standard InChI is InChI=1S/C16H12FNO/c1-11-6-7-15(13(17)10-11)18-9-8-16(19)12-4-2-3-5-14(12)18/h2-10H,1H3. The molecule has 1 aromatic heterocycles. The number of halogens is 1. The van der Waals surface area contributed by atoms with Gasteiger partial charge in [-0.2, -0.15) is 0 Å². The molecule has 0 saturated heterocycles. The molecular formula is C16H12FNO. The summed E-state index contributed by atoms with van der Waals surface area (Å²) in [5.74, 6) is -0.297. The molecule has 19 heavy (non-hydrogen) atoms. The molecule has 2 aromatic carbocycles. The maximum absolute atomic E-state index is 14.1. The Morgan fingerprint density at radius 2 is 1.84 bits per heavy atom. The van der Waals surface area contributed by atoms with E-state index in [1.165, 1.54) is 12.1 Å². The highest BCUT2D eigenvalue weighted by Crippen LogP contribution is 2.19. The van der Waals surface area contributed by atoms with E-state index in [1.54, 1.807) is 29.0 Å². The van der Waals surface area contributed by atoms with Crippen LogP contribution in [0.4, 0.5) is 4.39 Å². The van der Waals surface area contributed by atoms with E-state index in [9.17, 15) is 9.18 Å². The highest BCUT2D eigenvalue weighted by Gasteiger charge is 2.08. The zero-order valence-corrected chi connectivity index (χ0v) is 10.4. The number of hydrogen-bond donors (Lipinski definition) is 0. The molecule has 0 amide bonds. The maximum atomic E-state index is 14.1. The Morgan fingerprint density at radius 1 is 1.05 bits per heavy atom. The van der Waals surface area contributed by atoms with Gasteiger partial charge >= 0.3 is 0 Å². The first-order valence-electron chi connectivity index (χ1n) is 6.04. The normalized spacial score (nSPS) is 10.8. The Hall–Kier alpha value is -2.42. The van der Waals surface area contributed by atoms with E-state index < -0.39 is 0 Å². The molecule has 0 aliphatic rings. The second kappa shape index (κ2) is 4.35. The van der Waals surface area contributed by atoms with Gasteiger partial charge in [0, 0.05) is 17.6 Å². The number of hydrogen-bond acceptors (Lipinski definition) is 1. The van der Waals surface area contributed by atoms with E-state index in [-0.39, 0.29) is 11.2 Å². The van der Waals surface area contributed by atoms with Crippen molar-refractivity contribution in [2.24, 2.45) is 0 Å². The monoisotopic (exact) mass is 253 g/mol. The van der Waals surface area contributed by atoms with Crippen LogP contribution in [0.2, 0.25) is 0 Å². The lowest BCUT2D eigenvalue weighted by atomic mass is 10.1. The Labute approximate surface area is 109 Å². The van der Waals surface area contributed by atoms with Gasteiger partial charge in [-0.3, -0.25) is 4.79 Å². The van der Waals surface area contributed by atoms with E-state index in [0.29, 0.717) is 16.6 Å². The zero-order valence-electron chi connectivity index (χ0n) is 10.4. The predicted molar refractivity (Wildman–Crippen MR) is 74.2 cm³/mol. The van der Waals surface area contributed by atoms with Crippen LogP contribution in [0.15, 0.2) is 59.5 Å². The zero-order chi connectivity index (χ0) is 13.4. The Morgan fingerprint density at radius 3 is 2.63 bits per heavy atom. The van der Waals surface area contributed by atoms with Gasteiger partial charge in [-0.25, -0.2) is 4.39 Å². The fourth-order valence-corrected chi connectivity index (χ4v) is 2.22. The van der Waals surface area contributed by atoms with E-state index >= 15 is 0 Å². The van der Waals surface area contributed by atoms with E-state index in [2.05, 4.69) is 0 Å². The van der Waals surface area contributed by atoms with Gasteiger partial charge < -0.3 is 4.57 Å². The first-order valence-corrected chi connectivity index (χ1v) is 6.04. The van der Waals surface area contributed by atoms with E-state index in [0.717, 1.165) is 5.56 Å². The number of fused-ring (bicyclic) bond motifs is 1. The first kappa shape index (κ1) is 11.7. The minimum absolute atomic E-state index is 0.0561. The van der Waals surface area contributed by atoms with Gasteiger partial charge in [0.2, 0.25) is 0 Å². The largest absolute Gasteiger partial charge is 0.314 e. The lowest BCUT2D eigenvalue weighted by Gasteiger charge is -2.11. The molecule has 3 rings (SSSR count). The van der Waals surface area contributed by atoms with E-state index in [1.807, 2.05) is 25.1 Å². The van der Waals surface area contributed by atoms with Crippen LogP contribution in [0, 0.1) is 12.7 Å². The first-order chi connectivity index (χ1) is 9.16. The molecule has 94 valence electrons. The van der Waals surface area contributed by atoms with Crippen LogP contribution in [0.25, 0.3) is 16.6 Å². The Bertz CT molecular complexity index is 820. The molecule has 0 aliphatic carbocycles. The summed E-state index contributed by atoms with van der Waals surface area (Å²) in [4.78, 5) is 11.8. The van der Waals surface area contributed by atoms with Crippen LogP contribution >= 0.6 is 0 Å². The van der Waals surface area contributed by atoms with Crippen molar-refractivity contribution in [3.63, 3.8) is 0 Å². The highest BCUT2D eigenvalue weighted by molar-refractivity contribution is 5.80. The van der Waals surface area contributed by atoms with Gasteiger partial charge in [0.25, 0.3) is 0 Å². The molecular weight excluding hydrogens is 241 g/mol. The van der Waals surface area contributed by atoms with Gasteiger partial charge in [0.1, 0.15) is 5.82 Å². The summed E-state index contributed by atoms with van der Waals surface area (Å²) in [6, 6.07) is 13.7. The molecule has 0 spiro atoms. The van der Waals surface area contributed by atoms with Crippen LogP contribution in [-0.2, 0) is 0 Å². The lowest BCUT2D eigenvalue weighted by molar-refractivity contribution is 0.618. The van der Waals surface area contributed by atoms with Crippen molar-refractivity contribution in [2.75, 3.05) is 0 Å². The minimum Gasteiger partial charge on any atom is -0.314 e. The molecule has 3 aromatic rings. The summed E-state index contributed by atoms with van der Waals surface area (Å²) in [6.45, 7) is 1.84. The van der Waals surface area contributed by atoms with Gasteiger partial charge in [0.05, 0.1) is 11.2 Å². The van der Waals surface area contributed by atoms with Gasteiger partial charge in [-0.05, 0) is 36.8 Å². The van der Waals surface area contributed by atoms with Crippen molar-refractivity contribution in [3.8, 4) is 5.69 Å². The Kier molecular flexibility index (Phi) is 2.67. The third kappa shape index (κ3) is 1.93. The van der Waals surface area contributed by atoms with Crippen molar-refractivity contribution >= 4 is 10.9 Å². The summed E-state index contributed by atoms with van der Waals surface area (Å²) >= 11 is 0. The van der Waals surface area contributed by atoms with Crippen molar-refractivity contribution < 1.29 is 4.39 Å². The maximum Gasteiger partial charge on any atom is 0.189 e. The fraction of sp³-hybridized carbons (Fsp3) is 0.0625. The average molecular weight is 253 g/mol. The molecule has 0 N–H and O–H groups in total. The van der Waals surface area contributed by atoms with Crippen LogP contribution in [0.5, 0.6) is 0 Å². The van der Waals surface area contributed by atoms with Gasteiger partial charge in [-0.1, -0.05) is 18.2 Å². The minimum atomic E-state index is -0.297. The second-order valence-corrected chi connectivity index (χ2v) is 4.52. The number of benzene rings is 2. The summed E-state index contributed by atoms with van der Waals surface area (Å²) in [5, 5.41) is 0.588. The topological polar surface area (TPSA) is 22.0 Å². The molecule has 0 fully saturated rings. The highest BCUT2D eigenvalue weighted by atomic mass is 19.1. The van der Waals surface area contributed by atoms with E-state index in [4.69, 9.17) is 0 Å². The summed E-state index contributed by atoms with van der Waals surface area (Å²) < 4.78 is 15.8. The number of rotatable bonds is 1. The number of aromatic nitrogens is 1.